The molecule has 0 aliphatic carbocycles. The molecule has 1 unspecified atom stereocenters. The summed E-state index contributed by atoms with van der Waals surface area (Å²) >= 11 is 0. The molecule has 0 N–H and O–H groups in total. The van der Waals surface area contributed by atoms with Crippen LogP contribution < -0.4 is 0 Å². The summed E-state index contributed by atoms with van der Waals surface area (Å²) in [6, 6.07) is 14.4. The molecule has 76 valence electrons. The van der Waals surface area contributed by atoms with E-state index in [-0.39, 0.29) is 0 Å². The van der Waals surface area contributed by atoms with E-state index in [1.807, 2.05) is 18.2 Å². The second-order valence-corrected chi connectivity index (χ2v) is 3.52. The minimum atomic E-state index is 0.361. The molecule has 0 amide bonds. The van der Waals surface area contributed by atoms with Crippen molar-refractivity contribution in [2.24, 2.45) is 0 Å². The molecule has 0 spiro atoms. The van der Waals surface area contributed by atoms with Gasteiger partial charge in [-0.3, -0.25) is 0 Å². The minimum absolute atomic E-state index is 0.361. The first kappa shape index (κ1) is 9.84. The van der Waals surface area contributed by atoms with Crippen LogP contribution in [-0.4, -0.2) is 10.2 Å². The van der Waals surface area contributed by atoms with E-state index >= 15 is 0 Å². The van der Waals surface area contributed by atoms with Crippen LogP contribution in [-0.2, 0) is 0 Å². The standard InChI is InChI=1S/C13H14N2/c1-2-12(11-7-4-3-5-8-11)13-9-6-10-14-15-13/h3-10,12H,2H2,1H3. The van der Waals surface area contributed by atoms with Gasteiger partial charge in [0.2, 0.25) is 0 Å². The summed E-state index contributed by atoms with van der Waals surface area (Å²) in [4.78, 5) is 0. The van der Waals surface area contributed by atoms with E-state index in [0.29, 0.717) is 5.92 Å². The average Bonchev–Trinajstić information content (AvgIpc) is 2.33. The maximum absolute atomic E-state index is 4.18. The summed E-state index contributed by atoms with van der Waals surface area (Å²) in [6.45, 7) is 2.17. The lowest BCUT2D eigenvalue weighted by molar-refractivity contribution is 0.728. The van der Waals surface area contributed by atoms with E-state index in [9.17, 15) is 0 Å². The highest BCUT2D eigenvalue weighted by molar-refractivity contribution is 5.27. The van der Waals surface area contributed by atoms with Crippen LogP contribution in [0.1, 0.15) is 30.5 Å². The molecule has 0 bridgehead atoms. The summed E-state index contributed by atoms with van der Waals surface area (Å²) in [5.41, 5.74) is 2.35. The number of hydrogen-bond donors (Lipinski definition) is 0. The Morgan fingerprint density at radius 1 is 1.07 bits per heavy atom. The van der Waals surface area contributed by atoms with Gasteiger partial charge in [0.25, 0.3) is 0 Å². The van der Waals surface area contributed by atoms with Crippen LogP contribution in [0.3, 0.4) is 0 Å². The Labute approximate surface area is 90.0 Å². The zero-order valence-corrected chi connectivity index (χ0v) is 8.80. The number of hydrogen-bond acceptors (Lipinski definition) is 2. The summed E-state index contributed by atoms with van der Waals surface area (Å²) in [5.74, 6) is 0.361. The number of rotatable bonds is 3. The van der Waals surface area contributed by atoms with Crippen molar-refractivity contribution >= 4 is 0 Å². The molecular formula is C13H14N2. The molecule has 1 aromatic heterocycles. The molecule has 0 radical (unpaired) electrons. The fourth-order valence-corrected chi connectivity index (χ4v) is 1.80. The van der Waals surface area contributed by atoms with Gasteiger partial charge in [-0.15, -0.1) is 0 Å². The molecule has 2 nitrogen and oxygen atoms in total. The zero-order chi connectivity index (χ0) is 10.5. The van der Waals surface area contributed by atoms with E-state index in [2.05, 4.69) is 41.4 Å². The largest absolute Gasteiger partial charge is 0.159 e. The van der Waals surface area contributed by atoms with Crippen LogP contribution in [0.4, 0.5) is 0 Å². The van der Waals surface area contributed by atoms with Gasteiger partial charge in [-0.25, -0.2) is 0 Å². The van der Waals surface area contributed by atoms with Gasteiger partial charge in [0, 0.05) is 12.1 Å². The molecule has 0 saturated heterocycles. The molecule has 0 aliphatic heterocycles. The molecule has 0 fully saturated rings. The number of aromatic nitrogens is 2. The first-order valence-electron chi connectivity index (χ1n) is 5.24. The lowest BCUT2D eigenvalue weighted by atomic mass is 9.93. The van der Waals surface area contributed by atoms with Crippen LogP contribution in [0.5, 0.6) is 0 Å². The van der Waals surface area contributed by atoms with E-state index in [4.69, 9.17) is 0 Å². The Bertz CT molecular complexity index is 358. The van der Waals surface area contributed by atoms with Gasteiger partial charge in [-0.05, 0) is 24.1 Å². The van der Waals surface area contributed by atoms with E-state index in [1.165, 1.54) is 5.56 Å². The van der Waals surface area contributed by atoms with Gasteiger partial charge in [0.05, 0.1) is 5.69 Å². The predicted octanol–water partition coefficient (Wildman–Crippen LogP) is 3.02. The summed E-state index contributed by atoms with van der Waals surface area (Å²) < 4.78 is 0. The van der Waals surface area contributed by atoms with Crippen molar-refractivity contribution < 1.29 is 0 Å². The second-order valence-electron chi connectivity index (χ2n) is 3.52. The van der Waals surface area contributed by atoms with Crippen molar-refractivity contribution in [2.45, 2.75) is 19.3 Å². The summed E-state index contributed by atoms with van der Waals surface area (Å²) in [7, 11) is 0. The Hall–Kier alpha value is -1.70. The van der Waals surface area contributed by atoms with Crippen LogP contribution in [0.15, 0.2) is 48.7 Å². The molecule has 2 aromatic rings. The molecular weight excluding hydrogens is 184 g/mol. The minimum Gasteiger partial charge on any atom is -0.159 e. The fraction of sp³-hybridized carbons (Fsp3) is 0.231. The highest BCUT2D eigenvalue weighted by Crippen LogP contribution is 2.25. The normalized spacial score (nSPS) is 12.3. The molecule has 1 aromatic carbocycles. The Morgan fingerprint density at radius 3 is 2.47 bits per heavy atom. The maximum Gasteiger partial charge on any atom is 0.0705 e. The monoisotopic (exact) mass is 198 g/mol. The first-order valence-corrected chi connectivity index (χ1v) is 5.24. The van der Waals surface area contributed by atoms with E-state index in [0.717, 1.165) is 12.1 Å². The van der Waals surface area contributed by atoms with Crippen molar-refractivity contribution in [3.05, 3.63) is 59.9 Å². The predicted molar refractivity (Wildman–Crippen MR) is 60.6 cm³/mol. The molecule has 0 saturated carbocycles. The number of nitrogens with zero attached hydrogens (tertiary/aromatic N) is 2. The van der Waals surface area contributed by atoms with Gasteiger partial charge in [0.15, 0.2) is 0 Å². The first-order chi connectivity index (χ1) is 7.42. The smallest absolute Gasteiger partial charge is 0.0705 e. The van der Waals surface area contributed by atoms with Crippen molar-refractivity contribution in [3.8, 4) is 0 Å². The van der Waals surface area contributed by atoms with Gasteiger partial charge >= 0.3 is 0 Å². The molecule has 1 heterocycles. The van der Waals surface area contributed by atoms with E-state index < -0.39 is 0 Å². The van der Waals surface area contributed by atoms with Gasteiger partial charge in [-0.2, -0.15) is 10.2 Å². The van der Waals surface area contributed by atoms with Crippen LogP contribution in [0, 0.1) is 0 Å². The maximum atomic E-state index is 4.18. The molecule has 0 aliphatic rings. The number of benzene rings is 1. The topological polar surface area (TPSA) is 25.8 Å². The summed E-state index contributed by atoms with van der Waals surface area (Å²) in [5, 5.41) is 8.11. The quantitative estimate of drug-likeness (QED) is 0.757. The lowest BCUT2D eigenvalue weighted by Gasteiger charge is -2.13. The van der Waals surface area contributed by atoms with Crippen molar-refractivity contribution in [1.29, 1.82) is 0 Å². The molecule has 1 atom stereocenters. The Kier molecular flexibility index (Phi) is 3.08. The van der Waals surface area contributed by atoms with Gasteiger partial charge < -0.3 is 0 Å². The lowest BCUT2D eigenvalue weighted by Crippen LogP contribution is -2.02. The van der Waals surface area contributed by atoms with Crippen LogP contribution in [0.25, 0.3) is 0 Å². The molecule has 2 heteroatoms. The Balaban J connectivity index is 2.34. The van der Waals surface area contributed by atoms with Crippen molar-refractivity contribution in [3.63, 3.8) is 0 Å². The van der Waals surface area contributed by atoms with E-state index in [1.54, 1.807) is 6.20 Å². The highest BCUT2D eigenvalue weighted by Gasteiger charge is 2.12. The van der Waals surface area contributed by atoms with Crippen LogP contribution >= 0.6 is 0 Å². The summed E-state index contributed by atoms with van der Waals surface area (Å²) in [6.07, 6.45) is 2.75. The fourth-order valence-electron chi connectivity index (χ4n) is 1.80. The molecule has 15 heavy (non-hydrogen) atoms. The van der Waals surface area contributed by atoms with Crippen LogP contribution in [0.2, 0.25) is 0 Å². The highest BCUT2D eigenvalue weighted by atomic mass is 15.1. The average molecular weight is 198 g/mol. The third-order valence-electron chi connectivity index (χ3n) is 2.56. The van der Waals surface area contributed by atoms with Gasteiger partial charge in [0.1, 0.15) is 0 Å². The second kappa shape index (κ2) is 4.69. The van der Waals surface area contributed by atoms with Gasteiger partial charge in [-0.1, -0.05) is 37.3 Å². The van der Waals surface area contributed by atoms with Crippen molar-refractivity contribution in [1.82, 2.24) is 10.2 Å². The Morgan fingerprint density at radius 2 is 1.87 bits per heavy atom. The SMILES string of the molecule is CCC(c1ccccc1)c1cccnn1. The zero-order valence-electron chi connectivity index (χ0n) is 8.80. The third kappa shape index (κ3) is 2.21. The van der Waals surface area contributed by atoms with Crippen molar-refractivity contribution in [2.75, 3.05) is 0 Å². The third-order valence-corrected chi connectivity index (χ3v) is 2.56. The molecule has 2 rings (SSSR count).